The molecule has 0 aliphatic carbocycles. The summed E-state index contributed by atoms with van der Waals surface area (Å²) in [6.45, 7) is 2.61. The van der Waals surface area contributed by atoms with Crippen molar-refractivity contribution >= 4 is 39.0 Å². The predicted octanol–water partition coefficient (Wildman–Crippen LogP) is 5.40. The molecular formula is C26H24N6O2S. The van der Waals surface area contributed by atoms with E-state index in [1.807, 2.05) is 73.1 Å². The van der Waals surface area contributed by atoms with E-state index in [1.54, 1.807) is 17.5 Å². The van der Waals surface area contributed by atoms with Gasteiger partial charge in [-0.25, -0.2) is 9.97 Å². The van der Waals surface area contributed by atoms with Crippen LogP contribution in [0.2, 0.25) is 0 Å². The minimum atomic E-state index is -0.140. The molecule has 0 bridgehead atoms. The van der Waals surface area contributed by atoms with Gasteiger partial charge in [0.25, 0.3) is 5.91 Å². The van der Waals surface area contributed by atoms with Gasteiger partial charge in [-0.1, -0.05) is 31.2 Å². The number of rotatable bonds is 9. The second-order valence-corrected chi connectivity index (χ2v) is 8.79. The average molecular weight is 485 g/mol. The van der Waals surface area contributed by atoms with Gasteiger partial charge in [0, 0.05) is 29.6 Å². The number of aromatic nitrogens is 4. The van der Waals surface area contributed by atoms with Crippen molar-refractivity contribution in [2.45, 2.75) is 13.3 Å². The first-order valence-electron chi connectivity index (χ1n) is 11.3. The summed E-state index contributed by atoms with van der Waals surface area (Å²) in [5.74, 6) is 1.76. The normalized spacial score (nSPS) is 10.9. The highest BCUT2D eigenvalue weighted by Gasteiger charge is 2.12. The van der Waals surface area contributed by atoms with Crippen molar-refractivity contribution < 1.29 is 9.53 Å². The maximum absolute atomic E-state index is 11.9. The molecule has 5 aromatic rings. The molecule has 3 heterocycles. The fraction of sp³-hybridized carbons (Fsp3) is 0.154. The Hall–Kier alpha value is -4.24. The summed E-state index contributed by atoms with van der Waals surface area (Å²) in [5.41, 5.74) is 3.84. The molecule has 0 aliphatic rings. The molecule has 0 saturated heterocycles. The lowest BCUT2D eigenvalue weighted by molar-refractivity contribution is -0.123. The zero-order valence-corrected chi connectivity index (χ0v) is 19.9. The first-order valence-corrected chi connectivity index (χ1v) is 12.2. The summed E-state index contributed by atoms with van der Waals surface area (Å²) in [4.78, 5) is 22.3. The number of nitrogens with one attached hydrogen (secondary N) is 3. The molecule has 0 aliphatic heterocycles. The molecule has 2 aromatic carbocycles. The largest absolute Gasteiger partial charge is 0.484 e. The standard InChI is InChI=1S/C26H24N6O2S/c1-2-11-27-23(33)16-34-21-5-3-4-18(13-21)24-31-25(22-10-12-35-26(22)32-24)30-20-8-6-17(7-9-20)19-14-28-29-15-19/h3-10,12-15H,2,11,16H2,1H3,(H,27,33)(H,28,29)(H,30,31,32). The molecule has 0 unspecified atom stereocenters. The number of hydrogen-bond acceptors (Lipinski definition) is 7. The van der Waals surface area contributed by atoms with Crippen molar-refractivity contribution in [1.29, 1.82) is 0 Å². The second kappa shape index (κ2) is 10.4. The first-order chi connectivity index (χ1) is 17.2. The molecule has 0 spiro atoms. The van der Waals surface area contributed by atoms with Gasteiger partial charge in [-0.2, -0.15) is 5.10 Å². The molecule has 1 amide bonds. The molecular weight excluding hydrogens is 460 g/mol. The Morgan fingerprint density at radius 3 is 2.74 bits per heavy atom. The molecule has 35 heavy (non-hydrogen) atoms. The maximum atomic E-state index is 11.9. The molecule has 0 radical (unpaired) electrons. The summed E-state index contributed by atoms with van der Waals surface area (Å²) in [5, 5.41) is 16.1. The van der Waals surface area contributed by atoms with E-state index in [2.05, 4.69) is 20.8 Å². The Kier molecular flexibility index (Phi) is 6.67. The number of amides is 1. The van der Waals surface area contributed by atoms with E-state index in [0.29, 0.717) is 18.1 Å². The van der Waals surface area contributed by atoms with Gasteiger partial charge < -0.3 is 15.4 Å². The molecule has 9 heteroatoms. The van der Waals surface area contributed by atoms with E-state index < -0.39 is 0 Å². The fourth-order valence-electron chi connectivity index (χ4n) is 3.56. The van der Waals surface area contributed by atoms with Crippen molar-refractivity contribution in [3.63, 3.8) is 0 Å². The third-order valence-corrected chi connectivity index (χ3v) is 6.15. The topological polar surface area (TPSA) is 105 Å². The lowest BCUT2D eigenvalue weighted by Gasteiger charge is -2.11. The second-order valence-electron chi connectivity index (χ2n) is 7.89. The van der Waals surface area contributed by atoms with Gasteiger partial charge in [-0.15, -0.1) is 11.3 Å². The van der Waals surface area contributed by atoms with Crippen LogP contribution in [0.4, 0.5) is 11.5 Å². The van der Waals surface area contributed by atoms with Crippen LogP contribution in [-0.4, -0.2) is 39.2 Å². The van der Waals surface area contributed by atoms with Crippen LogP contribution in [0.3, 0.4) is 0 Å². The van der Waals surface area contributed by atoms with Crippen molar-refractivity contribution in [2.24, 2.45) is 0 Å². The zero-order chi connectivity index (χ0) is 24.0. The van der Waals surface area contributed by atoms with Crippen LogP contribution in [-0.2, 0) is 4.79 Å². The fourth-order valence-corrected chi connectivity index (χ4v) is 4.32. The van der Waals surface area contributed by atoms with Crippen molar-refractivity contribution in [3.05, 3.63) is 72.4 Å². The molecule has 0 saturated carbocycles. The van der Waals surface area contributed by atoms with Crippen LogP contribution in [0, 0.1) is 0 Å². The Bertz CT molecular complexity index is 1430. The van der Waals surface area contributed by atoms with Crippen LogP contribution in [0.15, 0.2) is 72.4 Å². The van der Waals surface area contributed by atoms with Crippen LogP contribution in [0.1, 0.15) is 13.3 Å². The van der Waals surface area contributed by atoms with Gasteiger partial charge in [-0.3, -0.25) is 9.89 Å². The highest BCUT2D eigenvalue weighted by molar-refractivity contribution is 7.16. The van der Waals surface area contributed by atoms with Gasteiger partial charge in [0.2, 0.25) is 0 Å². The van der Waals surface area contributed by atoms with Crippen LogP contribution in [0.5, 0.6) is 5.75 Å². The van der Waals surface area contributed by atoms with Crippen LogP contribution >= 0.6 is 11.3 Å². The highest BCUT2D eigenvalue weighted by Crippen LogP contribution is 2.32. The Morgan fingerprint density at radius 2 is 1.94 bits per heavy atom. The number of anilines is 2. The minimum absolute atomic E-state index is 0.0319. The van der Waals surface area contributed by atoms with E-state index in [0.717, 1.165) is 44.8 Å². The van der Waals surface area contributed by atoms with E-state index >= 15 is 0 Å². The van der Waals surface area contributed by atoms with Gasteiger partial charge in [0.05, 0.1) is 11.6 Å². The predicted molar refractivity (Wildman–Crippen MR) is 139 cm³/mol. The Morgan fingerprint density at radius 1 is 1.06 bits per heavy atom. The molecule has 5 rings (SSSR count). The molecule has 3 aromatic heterocycles. The Labute approximate surface area is 206 Å². The third-order valence-electron chi connectivity index (χ3n) is 5.34. The summed E-state index contributed by atoms with van der Waals surface area (Å²) >= 11 is 1.56. The number of carbonyl (C=O) groups excluding carboxylic acids is 1. The number of H-pyrrole nitrogens is 1. The number of carbonyl (C=O) groups is 1. The molecule has 176 valence electrons. The minimum Gasteiger partial charge on any atom is -0.484 e. The quantitative estimate of drug-likeness (QED) is 0.259. The van der Waals surface area contributed by atoms with Gasteiger partial charge in [0.15, 0.2) is 12.4 Å². The van der Waals surface area contributed by atoms with Crippen LogP contribution in [0.25, 0.3) is 32.7 Å². The first kappa shape index (κ1) is 22.5. The van der Waals surface area contributed by atoms with Crippen molar-refractivity contribution in [2.75, 3.05) is 18.5 Å². The van der Waals surface area contributed by atoms with Gasteiger partial charge in [0.1, 0.15) is 16.4 Å². The number of thiophene rings is 1. The number of nitrogens with zero attached hydrogens (tertiary/aromatic N) is 3. The molecule has 8 nitrogen and oxygen atoms in total. The summed E-state index contributed by atoms with van der Waals surface area (Å²) in [6.07, 6.45) is 4.54. The maximum Gasteiger partial charge on any atom is 0.257 e. The molecule has 0 fully saturated rings. The molecule has 3 N–H and O–H groups in total. The summed E-state index contributed by atoms with van der Waals surface area (Å²) in [7, 11) is 0. The number of aromatic amines is 1. The monoisotopic (exact) mass is 484 g/mol. The lowest BCUT2D eigenvalue weighted by Crippen LogP contribution is -2.29. The SMILES string of the molecule is CCCNC(=O)COc1cccc(-c2nc(Nc3ccc(-c4cn[nH]c4)cc3)c3ccsc3n2)c1. The van der Waals surface area contributed by atoms with E-state index in [-0.39, 0.29) is 12.5 Å². The van der Waals surface area contributed by atoms with Gasteiger partial charge >= 0.3 is 0 Å². The molecule has 0 atom stereocenters. The number of ether oxygens (including phenoxy) is 1. The zero-order valence-electron chi connectivity index (χ0n) is 19.1. The van der Waals surface area contributed by atoms with E-state index in [1.165, 1.54) is 0 Å². The third kappa shape index (κ3) is 5.30. The van der Waals surface area contributed by atoms with Crippen molar-refractivity contribution in [3.8, 4) is 28.3 Å². The number of hydrogen-bond donors (Lipinski definition) is 3. The van der Waals surface area contributed by atoms with Crippen molar-refractivity contribution in [1.82, 2.24) is 25.5 Å². The van der Waals surface area contributed by atoms with E-state index in [4.69, 9.17) is 14.7 Å². The summed E-state index contributed by atoms with van der Waals surface area (Å²) < 4.78 is 5.68. The lowest BCUT2D eigenvalue weighted by atomic mass is 10.1. The summed E-state index contributed by atoms with van der Waals surface area (Å²) in [6, 6.07) is 17.6. The number of fused-ring (bicyclic) bond motifs is 1. The number of benzene rings is 2. The van der Waals surface area contributed by atoms with Gasteiger partial charge in [-0.05, 0) is 47.7 Å². The smallest absolute Gasteiger partial charge is 0.257 e. The average Bonchev–Trinajstić information content (AvgIpc) is 3.59. The highest BCUT2D eigenvalue weighted by atomic mass is 32.1. The Balaban J connectivity index is 1.38. The van der Waals surface area contributed by atoms with Crippen LogP contribution < -0.4 is 15.4 Å². The van der Waals surface area contributed by atoms with E-state index in [9.17, 15) is 4.79 Å².